The Morgan fingerprint density at radius 3 is 2.73 bits per heavy atom. The minimum Gasteiger partial charge on any atom is -0.374 e. The van der Waals surface area contributed by atoms with Crippen molar-refractivity contribution in [2.45, 2.75) is 64.5 Å². The van der Waals surface area contributed by atoms with Crippen LogP contribution >= 0.6 is 0 Å². The van der Waals surface area contributed by atoms with Crippen LogP contribution in [0.4, 0.5) is 0 Å². The number of rotatable bonds is 3. The fourth-order valence-electron chi connectivity index (χ4n) is 1.82. The second-order valence-electron chi connectivity index (χ2n) is 5.41. The van der Waals surface area contributed by atoms with Crippen LogP contribution in [0.5, 0.6) is 0 Å². The van der Waals surface area contributed by atoms with Crippen molar-refractivity contribution >= 4 is 0 Å². The van der Waals surface area contributed by atoms with Crippen molar-refractivity contribution in [2.24, 2.45) is 5.73 Å². The number of allylic oxidation sites excluding steroid dienone is 1. The normalized spacial score (nSPS) is 20.7. The Morgan fingerprint density at radius 1 is 1.33 bits per heavy atom. The van der Waals surface area contributed by atoms with Crippen LogP contribution in [-0.4, -0.2) is 18.2 Å². The predicted octanol–water partition coefficient (Wildman–Crippen LogP) is 3.02. The molecule has 1 unspecified atom stereocenters. The van der Waals surface area contributed by atoms with E-state index >= 15 is 0 Å². The Bertz CT molecular complexity index is 215. The van der Waals surface area contributed by atoms with Crippen LogP contribution in [0.25, 0.3) is 0 Å². The molecular weight excluding hydrogens is 186 g/mol. The van der Waals surface area contributed by atoms with E-state index in [9.17, 15) is 0 Å². The highest BCUT2D eigenvalue weighted by Crippen LogP contribution is 2.20. The maximum Gasteiger partial charge on any atom is 0.0663 e. The van der Waals surface area contributed by atoms with E-state index in [1.54, 1.807) is 0 Å². The third-order valence-electron chi connectivity index (χ3n) is 2.75. The van der Waals surface area contributed by atoms with Crippen LogP contribution in [0.2, 0.25) is 0 Å². The van der Waals surface area contributed by atoms with E-state index in [1.165, 1.54) is 31.3 Å². The average Bonchev–Trinajstić information content (AvgIpc) is 2.41. The predicted molar refractivity (Wildman–Crippen MR) is 64.8 cm³/mol. The Hall–Kier alpha value is -0.340. The van der Waals surface area contributed by atoms with Crippen molar-refractivity contribution < 1.29 is 4.74 Å². The summed E-state index contributed by atoms with van der Waals surface area (Å²) in [5, 5.41) is 0. The fraction of sp³-hybridized carbons (Fsp3) is 0.846. The van der Waals surface area contributed by atoms with Crippen molar-refractivity contribution in [3.05, 3.63) is 11.6 Å². The molecule has 15 heavy (non-hydrogen) atoms. The number of hydrogen-bond acceptors (Lipinski definition) is 2. The van der Waals surface area contributed by atoms with Gasteiger partial charge < -0.3 is 10.5 Å². The molecule has 0 saturated heterocycles. The molecule has 0 aromatic carbocycles. The minimum absolute atomic E-state index is 0.0804. The minimum atomic E-state index is -0.0804. The van der Waals surface area contributed by atoms with E-state index in [0.717, 1.165) is 6.42 Å². The molecule has 0 aromatic heterocycles. The molecule has 0 aromatic rings. The van der Waals surface area contributed by atoms with E-state index in [2.05, 4.69) is 26.8 Å². The van der Waals surface area contributed by atoms with Crippen LogP contribution in [0.15, 0.2) is 11.6 Å². The van der Waals surface area contributed by atoms with Crippen LogP contribution in [0.1, 0.15) is 52.9 Å². The summed E-state index contributed by atoms with van der Waals surface area (Å²) in [6, 6.07) is 0.0994. The molecule has 0 saturated carbocycles. The Balaban J connectivity index is 2.38. The quantitative estimate of drug-likeness (QED) is 0.728. The topological polar surface area (TPSA) is 35.2 Å². The number of nitrogens with two attached hydrogens (primary N) is 1. The van der Waals surface area contributed by atoms with Gasteiger partial charge in [0.25, 0.3) is 0 Å². The maximum absolute atomic E-state index is 6.13. The molecule has 1 aliphatic carbocycles. The van der Waals surface area contributed by atoms with Crippen molar-refractivity contribution in [3.63, 3.8) is 0 Å². The second-order valence-corrected chi connectivity index (χ2v) is 5.41. The van der Waals surface area contributed by atoms with Crippen molar-refractivity contribution in [2.75, 3.05) is 6.61 Å². The number of hydrogen-bond donors (Lipinski definition) is 1. The lowest BCUT2D eigenvalue weighted by Gasteiger charge is -2.23. The molecule has 1 rings (SSSR count). The lowest BCUT2D eigenvalue weighted by Crippen LogP contribution is -2.33. The zero-order chi connectivity index (χ0) is 11.3. The lowest BCUT2D eigenvalue weighted by atomic mass is 10.0. The SMILES string of the molecule is CC(C)(C)OCC(N)C1=CCCCCC1. The summed E-state index contributed by atoms with van der Waals surface area (Å²) in [5.41, 5.74) is 7.45. The first-order valence-electron chi connectivity index (χ1n) is 6.07. The molecule has 0 amide bonds. The molecule has 2 nitrogen and oxygen atoms in total. The molecule has 0 spiro atoms. The average molecular weight is 211 g/mol. The van der Waals surface area contributed by atoms with Crippen molar-refractivity contribution in [1.29, 1.82) is 0 Å². The summed E-state index contributed by atoms with van der Waals surface area (Å²) >= 11 is 0. The summed E-state index contributed by atoms with van der Waals surface area (Å²) in [5.74, 6) is 0. The smallest absolute Gasteiger partial charge is 0.0663 e. The van der Waals surface area contributed by atoms with E-state index in [0.29, 0.717) is 6.61 Å². The summed E-state index contributed by atoms with van der Waals surface area (Å²) < 4.78 is 5.72. The molecule has 0 bridgehead atoms. The second kappa shape index (κ2) is 5.66. The molecule has 88 valence electrons. The number of ether oxygens (including phenoxy) is 1. The Morgan fingerprint density at radius 2 is 2.07 bits per heavy atom. The van der Waals surface area contributed by atoms with Gasteiger partial charge in [0.2, 0.25) is 0 Å². The standard InChI is InChI=1S/C13H25NO/c1-13(2,3)15-10-12(14)11-8-6-4-5-7-9-11/h8,12H,4-7,9-10,14H2,1-3H3. The van der Waals surface area contributed by atoms with Gasteiger partial charge >= 0.3 is 0 Å². The van der Waals surface area contributed by atoms with Gasteiger partial charge in [0.1, 0.15) is 0 Å². The molecule has 1 aliphatic rings. The zero-order valence-electron chi connectivity index (χ0n) is 10.4. The molecule has 2 N–H and O–H groups in total. The highest BCUT2D eigenvalue weighted by molar-refractivity contribution is 5.11. The Kier molecular flexibility index (Phi) is 4.81. The van der Waals surface area contributed by atoms with Crippen LogP contribution in [0.3, 0.4) is 0 Å². The van der Waals surface area contributed by atoms with Crippen LogP contribution in [0, 0.1) is 0 Å². The van der Waals surface area contributed by atoms with E-state index in [4.69, 9.17) is 10.5 Å². The first-order chi connectivity index (χ1) is 6.99. The van der Waals surface area contributed by atoms with Crippen molar-refractivity contribution in [3.8, 4) is 0 Å². The van der Waals surface area contributed by atoms with Gasteiger partial charge in [-0.05, 0) is 46.5 Å². The largest absolute Gasteiger partial charge is 0.374 e. The van der Waals surface area contributed by atoms with Crippen molar-refractivity contribution in [1.82, 2.24) is 0 Å². The van der Waals surface area contributed by atoms with Gasteiger partial charge in [0.05, 0.1) is 12.2 Å². The zero-order valence-corrected chi connectivity index (χ0v) is 10.4. The van der Waals surface area contributed by atoms with Gasteiger partial charge in [0.15, 0.2) is 0 Å². The van der Waals surface area contributed by atoms with Gasteiger partial charge in [-0.15, -0.1) is 0 Å². The van der Waals surface area contributed by atoms with Gasteiger partial charge in [-0.2, -0.15) is 0 Å². The van der Waals surface area contributed by atoms with E-state index in [-0.39, 0.29) is 11.6 Å². The molecule has 1 atom stereocenters. The summed E-state index contributed by atoms with van der Waals surface area (Å²) in [4.78, 5) is 0. The highest BCUT2D eigenvalue weighted by atomic mass is 16.5. The highest BCUT2D eigenvalue weighted by Gasteiger charge is 2.16. The third kappa shape index (κ3) is 5.33. The van der Waals surface area contributed by atoms with E-state index in [1.807, 2.05) is 0 Å². The molecule has 0 heterocycles. The first-order valence-corrected chi connectivity index (χ1v) is 6.07. The fourth-order valence-corrected chi connectivity index (χ4v) is 1.82. The first kappa shape index (κ1) is 12.7. The monoisotopic (exact) mass is 211 g/mol. The van der Waals surface area contributed by atoms with Crippen LogP contribution < -0.4 is 5.73 Å². The molecular formula is C13H25NO. The molecule has 0 radical (unpaired) electrons. The molecule has 0 fully saturated rings. The molecule has 2 heteroatoms. The summed E-state index contributed by atoms with van der Waals surface area (Å²) in [7, 11) is 0. The van der Waals surface area contributed by atoms with Gasteiger partial charge in [-0.3, -0.25) is 0 Å². The third-order valence-corrected chi connectivity index (χ3v) is 2.75. The molecule has 0 aliphatic heterocycles. The summed E-state index contributed by atoms with van der Waals surface area (Å²) in [6.45, 7) is 6.86. The Labute approximate surface area is 93.9 Å². The van der Waals surface area contributed by atoms with E-state index < -0.39 is 0 Å². The lowest BCUT2D eigenvalue weighted by molar-refractivity contribution is -0.00651. The summed E-state index contributed by atoms with van der Waals surface area (Å²) in [6.07, 6.45) is 8.62. The van der Waals surface area contributed by atoms with Gasteiger partial charge in [-0.1, -0.05) is 18.1 Å². The van der Waals surface area contributed by atoms with Crippen LogP contribution in [-0.2, 0) is 4.74 Å². The van der Waals surface area contributed by atoms with Gasteiger partial charge in [-0.25, -0.2) is 0 Å². The van der Waals surface area contributed by atoms with Gasteiger partial charge in [0, 0.05) is 6.04 Å². The maximum atomic E-state index is 6.13.